The first-order chi connectivity index (χ1) is 15.5. The van der Waals surface area contributed by atoms with Crippen LogP contribution < -0.4 is 0 Å². The summed E-state index contributed by atoms with van der Waals surface area (Å²) in [5, 5.41) is 25.9. The average molecular weight is 427 g/mol. The Hall–Kier alpha value is -4.14. The van der Waals surface area contributed by atoms with Crippen molar-refractivity contribution in [2.75, 3.05) is 0 Å². The number of para-hydroxylation sites is 2. The smallest absolute Gasteiger partial charge is 0.272 e. The highest BCUT2D eigenvalue weighted by Gasteiger charge is 2.21. The molecule has 32 heavy (non-hydrogen) atoms. The number of nitro groups is 1. The van der Waals surface area contributed by atoms with E-state index in [0.29, 0.717) is 17.9 Å². The highest BCUT2D eigenvalue weighted by Crippen LogP contribution is 2.28. The summed E-state index contributed by atoms with van der Waals surface area (Å²) < 4.78 is 3.78. The van der Waals surface area contributed by atoms with E-state index in [4.69, 9.17) is 4.98 Å². The summed E-state index contributed by atoms with van der Waals surface area (Å²) in [6.07, 6.45) is 0.402. The van der Waals surface area contributed by atoms with Crippen molar-refractivity contribution in [3.8, 4) is 5.95 Å². The molecular weight excluding hydrogens is 406 g/mol. The van der Waals surface area contributed by atoms with Crippen molar-refractivity contribution in [3.05, 3.63) is 81.2 Å². The molecule has 0 fully saturated rings. The molecule has 0 saturated carbocycles. The number of nitrogens with zero attached hydrogens (tertiary/aromatic N) is 7. The van der Waals surface area contributed by atoms with Gasteiger partial charge in [0.1, 0.15) is 5.52 Å². The molecule has 5 rings (SSSR count). The maximum Gasteiger partial charge on any atom is 0.272 e. The third-order valence-electron chi connectivity index (χ3n) is 5.87. The summed E-state index contributed by atoms with van der Waals surface area (Å²) in [6, 6.07) is 14.8. The molecule has 0 amide bonds. The monoisotopic (exact) mass is 427 g/mol. The van der Waals surface area contributed by atoms with E-state index in [1.165, 1.54) is 6.07 Å². The Morgan fingerprint density at radius 3 is 2.56 bits per heavy atom. The Labute approximate surface area is 183 Å². The number of hydrogen-bond donors (Lipinski definition) is 0. The lowest BCUT2D eigenvalue weighted by Gasteiger charge is -2.06. The molecule has 3 aromatic heterocycles. The van der Waals surface area contributed by atoms with Gasteiger partial charge in [-0.25, -0.2) is 4.68 Å². The van der Waals surface area contributed by atoms with Crippen LogP contribution in [-0.4, -0.2) is 34.5 Å². The summed E-state index contributed by atoms with van der Waals surface area (Å²) in [4.78, 5) is 15.9. The fourth-order valence-electron chi connectivity index (χ4n) is 4.26. The van der Waals surface area contributed by atoms with Gasteiger partial charge in [0.15, 0.2) is 5.65 Å². The Bertz CT molecular complexity index is 1500. The molecule has 5 aromatic rings. The number of fused-ring (bicyclic) bond motifs is 3. The van der Waals surface area contributed by atoms with Crippen molar-refractivity contribution in [3.63, 3.8) is 0 Å². The second kappa shape index (κ2) is 7.52. The van der Waals surface area contributed by atoms with Crippen molar-refractivity contribution in [2.24, 2.45) is 0 Å². The minimum Gasteiger partial charge on any atom is -0.324 e. The predicted octanol–water partition coefficient (Wildman–Crippen LogP) is 4.30. The Balaban J connectivity index is 1.62. The quantitative estimate of drug-likeness (QED) is 0.306. The van der Waals surface area contributed by atoms with Crippen molar-refractivity contribution in [1.29, 1.82) is 0 Å². The number of nitro benzene ring substituents is 1. The van der Waals surface area contributed by atoms with Gasteiger partial charge in [0.2, 0.25) is 0 Å². The lowest BCUT2D eigenvalue weighted by molar-refractivity contribution is -0.385. The molecule has 0 N–H and O–H groups in total. The van der Waals surface area contributed by atoms with Gasteiger partial charge in [-0.15, -0.1) is 10.2 Å². The van der Waals surface area contributed by atoms with Crippen molar-refractivity contribution in [1.82, 2.24) is 29.5 Å². The number of rotatable bonds is 5. The molecule has 3 heterocycles. The molecular formula is C23H21N7O2. The van der Waals surface area contributed by atoms with E-state index in [0.717, 1.165) is 45.6 Å². The lowest BCUT2D eigenvalue weighted by Crippen LogP contribution is -2.08. The van der Waals surface area contributed by atoms with E-state index >= 15 is 0 Å². The van der Waals surface area contributed by atoms with E-state index in [9.17, 15) is 10.1 Å². The van der Waals surface area contributed by atoms with Crippen LogP contribution >= 0.6 is 0 Å². The fraction of sp³-hybridized carbons (Fsp3) is 0.217. The molecule has 0 aliphatic carbocycles. The first-order valence-electron chi connectivity index (χ1n) is 10.4. The molecule has 9 heteroatoms. The molecule has 0 aliphatic rings. The standard InChI is InChI=1S/C23H21N7O2/c1-4-28-20-12-8-6-10-17(20)21-22(28)24-23(26-25-21)29-15(3)18(14(2)27-29)13-16-9-5-7-11-19(16)30(31)32/h5-12H,4,13H2,1-3H3. The van der Waals surface area contributed by atoms with Gasteiger partial charge in [-0.2, -0.15) is 10.1 Å². The van der Waals surface area contributed by atoms with Gasteiger partial charge in [-0.3, -0.25) is 10.1 Å². The number of aromatic nitrogens is 6. The minimum absolute atomic E-state index is 0.103. The van der Waals surface area contributed by atoms with E-state index in [2.05, 4.69) is 32.9 Å². The number of benzene rings is 2. The highest BCUT2D eigenvalue weighted by molar-refractivity contribution is 6.04. The van der Waals surface area contributed by atoms with Gasteiger partial charge >= 0.3 is 0 Å². The van der Waals surface area contributed by atoms with Gasteiger partial charge < -0.3 is 4.57 Å². The third-order valence-corrected chi connectivity index (χ3v) is 5.87. The van der Waals surface area contributed by atoms with Gasteiger partial charge in [0.05, 0.1) is 16.1 Å². The van der Waals surface area contributed by atoms with Crippen LogP contribution in [0.4, 0.5) is 5.69 Å². The summed E-state index contributed by atoms with van der Waals surface area (Å²) in [5.74, 6) is 0.379. The normalized spacial score (nSPS) is 11.5. The van der Waals surface area contributed by atoms with Crippen molar-refractivity contribution >= 4 is 27.8 Å². The first kappa shape index (κ1) is 19.8. The first-order valence-corrected chi connectivity index (χ1v) is 10.4. The van der Waals surface area contributed by atoms with Crippen LogP contribution in [0.25, 0.3) is 28.0 Å². The van der Waals surface area contributed by atoms with Crippen LogP contribution in [0.15, 0.2) is 48.5 Å². The molecule has 0 aliphatic heterocycles. The molecule has 2 aromatic carbocycles. The zero-order valence-electron chi connectivity index (χ0n) is 18.0. The summed E-state index contributed by atoms with van der Waals surface area (Å²) in [7, 11) is 0. The van der Waals surface area contributed by atoms with Crippen molar-refractivity contribution < 1.29 is 4.92 Å². The van der Waals surface area contributed by atoms with E-state index in [1.807, 2.05) is 38.1 Å². The van der Waals surface area contributed by atoms with Crippen LogP contribution in [0, 0.1) is 24.0 Å². The van der Waals surface area contributed by atoms with Crippen LogP contribution in [0.1, 0.15) is 29.4 Å². The molecule has 0 atom stereocenters. The Morgan fingerprint density at radius 2 is 1.78 bits per heavy atom. The van der Waals surface area contributed by atoms with Gasteiger partial charge in [-0.1, -0.05) is 36.4 Å². The number of aryl methyl sites for hydroxylation is 2. The van der Waals surface area contributed by atoms with Crippen molar-refractivity contribution in [2.45, 2.75) is 33.7 Å². The zero-order chi connectivity index (χ0) is 22.4. The van der Waals surface area contributed by atoms with Gasteiger partial charge in [0, 0.05) is 41.2 Å². The van der Waals surface area contributed by atoms with Crippen LogP contribution in [0.5, 0.6) is 0 Å². The maximum absolute atomic E-state index is 11.4. The highest BCUT2D eigenvalue weighted by atomic mass is 16.6. The molecule has 160 valence electrons. The molecule has 0 unspecified atom stereocenters. The van der Waals surface area contributed by atoms with Gasteiger partial charge in [-0.05, 0) is 26.8 Å². The summed E-state index contributed by atoms with van der Waals surface area (Å²) in [5.41, 5.74) is 5.85. The molecule has 0 saturated heterocycles. The minimum atomic E-state index is -0.352. The summed E-state index contributed by atoms with van der Waals surface area (Å²) in [6.45, 7) is 6.64. The number of hydrogen-bond acceptors (Lipinski definition) is 6. The van der Waals surface area contributed by atoms with Crippen LogP contribution in [-0.2, 0) is 13.0 Å². The molecule has 0 spiro atoms. The van der Waals surface area contributed by atoms with E-state index in [-0.39, 0.29) is 10.6 Å². The summed E-state index contributed by atoms with van der Waals surface area (Å²) >= 11 is 0. The predicted molar refractivity (Wildman–Crippen MR) is 121 cm³/mol. The molecule has 0 radical (unpaired) electrons. The lowest BCUT2D eigenvalue weighted by atomic mass is 10.0. The zero-order valence-corrected chi connectivity index (χ0v) is 18.0. The second-order valence-electron chi connectivity index (χ2n) is 7.67. The largest absolute Gasteiger partial charge is 0.324 e. The van der Waals surface area contributed by atoms with E-state index in [1.54, 1.807) is 16.8 Å². The van der Waals surface area contributed by atoms with E-state index < -0.39 is 0 Å². The molecule has 0 bridgehead atoms. The van der Waals surface area contributed by atoms with Crippen LogP contribution in [0.3, 0.4) is 0 Å². The molecule has 9 nitrogen and oxygen atoms in total. The fourth-order valence-corrected chi connectivity index (χ4v) is 4.26. The van der Waals surface area contributed by atoms with Crippen LogP contribution in [0.2, 0.25) is 0 Å². The average Bonchev–Trinajstić information content (AvgIpc) is 3.27. The maximum atomic E-state index is 11.4. The third kappa shape index (κ3) is 3.01. The second-order valence-corrected chi connectivity index (χ2v) is 7.67. The Kier molecular flexibility index (Phi) is 4.66. The van der Waals surface area contributed by atoms with Gasteiger partial charge in [0.25, 0.3) is 11.6 Å². The Morgan fingerprint density at radius 1 is 1.03 bits per heavy atom. The SMILES string of the molecule is CCn1c2ccccc2c2nnc(-n3nc(C)c(Cc4ccccc4[N+](=O)[O-])c3C)nc21. The topological polar surface area (TPSA) is 105 Å².